The van der Waals surface area contributed by atoms with E-state index >= 15 is 0 Å². The van der Waals surface area contributed by atoms with Gasteiger partial charge in [0.1, 0.15) is 17.3 Å². The van der Waals surface area contributed by atoms with E-state index in [-0.39, 0.29) is 23.5 Å². The van der Waals surface area contributed by atoms with E-state index in [0.717, 1.165) is 6.08 Å². The highest BCUT2D eigenvalue weighted by Gasteiger charge is 2.46. The van der Waals surface area contributed by atoms with E-state index in [1.807, 2.05) is 0 Å². The van der Waals surface area contributed by atoms with Gasteiger partial charge in [-0.25, -0.2) is 4.79 Å². The number of phenols is 1. The maximum absolute atomic E-state index is 11.8. The minimum Gasteiger partial charge on any atom is -0.507 e. The van der Waals surface area contributed by atoms with Crippen LogP contribution in [0.3, 0.4) is 0 Å². The summed E-state index contributed by atoms with van der Waals surface area (Å²) in [6.45, 7) is 1.56. The van der Waals surface area contributed by atoms with Crippen LogP contribution < -0.4 is 4.74 Å². The van der Waals surface area contributed by atoms with Gasteiger partial charge in [-0.1, -0.05) is 12.1 Å². The Kier molecular flexibility index (Phi) is 5.23. The first-order valence-corrected chi connectivity index (χ1v) is 8.81. The number of methoxy groups -OCH3 is 3. The molecule has 0 bridgehead atoms. The highest BCUT2D eigenvalue weighted by Crippen LogP contribution is 2.53. The van der Waals surface area contributed by atoms with Crippen molar-refractivity contribution < 1.29 is 34.3 Å². The lowest BCUT2D eigenvalue weighted by atomic mass is 9.69. The number of carbonyl (C=O) groups is 1. The van der Waals surface area contributed by atoms with Crippen molar-refractivity contribution in [3.63, 3.8) is 0 Å². The van der Waals surface area contributed by atoms with E-state index in [2.05, 4.69) is 4.74 Å². The summed E-state index contributed by atoms with van der Waals surface area (Å²) >= 11 is 0. The Balaban J connectivity index is 2.34. The summed E-state index contributed by atoms with van der Waals surface area (Å²) in [5.74, 6) is -0.905. The van der Waals surface area contributed by atoms with Gasteiger partial charge in [-0.15, -0.1) is 0 Å². The number of phenolic OH excluding ortho intramolecular Hbond substituents is 1. The zero-order valence-electron chi connectivity index (χ0n) is 16.2. The van der Waals surface area contributed by atoms with Crippen molar-refractivity contribution in [1.82, 2.24) is 0 Å². The molecule has 1 aliphatic rings. The average Bonchev–Trinajstić information content (AvgIpc) is 2.65. The van der Waals surface area contributed by atoms with Gasteiger partial charge >= 0.3 is 5.97 Å². The SMILES string of the molecule is COC(=O)/C=C(\OC)C1c2cc3cccc(OC)c3c(O)c2C(O)CC1(C)O. The van der Waals surface area contributed by atoms with Crippen LogP contribution in [0, 0.1) is 0 Å². The first kappa shape index (κ1) is 20.0. The maximum atomic E-state index is 11.8. The molecular weight excluding hydrogens is 364 g/mol. The van der Waals surface area contributed by atoms with Gasteiger partial charge in [0.05, 0.1) is 50.4 Å². The molecule has 0 heterocycles. The fraction of sp³-hybridized carbons (Fsp3) is 0.381. The number of ether oxygens (including phenoxy) is 3. The summed E-state index contributed by atoms with van der Waals surface area (Å²) in [7, 11) is 4.13. The maximum Gasteiger partial charge on any atom is 0.333 e. The molecule has 3 atom stereocenters. The Morgan fingerprint density at radius 1 is 1.25 bits per heavy atom. The van der Waals surface area contributed by atoms with Gasteiger partial charge in [-0.3, -0.25) is 0 Å². The normalized spacial score (nSPS) is 24.6. The molecule has 1 aliphatic carbocycles. The summed E-state index contributed by atoms with van der Waals surface area (Å²) in [6.07, 6.45) is 0.000532. The summed E-state index contributed by atoms with van der Waals surface area (Å²) in [4.78, 5) is 11.8. The van der Waals surface area contributed by atoms with Crippen LogP contribution >= 0.6 is 0 Å². The number of aliphatic hydroxyl groups excluding tert-OH is 1. The number of carbonyl (C=O) groups excluding carboxylic acids is 1. The second kappa shape index (κ2) is 7.33. The van der Waals surface area contributed by atoms with E-state index < -0.39 is 23.6 Å². The smallest absolute Gasteiger partial charge is 0.333 e. The predicted molar refractivity (Wildman–Crippen MR) is 102 cm³/mol. The van der Waals surface area contributed by atoms with Gasteiger partial charge in [0.15, 0.2) is 0 Å². The Morgan fingerprint density at radius 3 is 2.57 bits per heavy atom. The van der Waals surface area contributed by atoms with E-state index in [4.69, 9.17) is 9.47 Å². The number of esters is 1. The molecule has 28 heavy (non-hydrogen) atoms. The number of hydrogen-bond donors (Lipinski definition) is 3. The molecule has 0 fully saturated rings. The standard InChI is InChI=1S/C21H24O7/c1-21(25)10-13(22)18-12(19(21)15(27-3)9-16(23)28-4)8-11-6-5-7-14(26-2)17(11)20(18)24/h5-9,13,19,22,24-25H,10H2,1-4H3/b15-9-. The Labute approximate surface area is 162 Å². The lowest BCUT2D eigenvalue weighted by Crippen LogP contribution is -2.40. The monoisotopic (exact) mass is 388 g/mol. The van der Waals surface area contributed by atoms with Gasteiger partial charge in [-0.05, 0) is 30.0 Å². The fourth-order valence-corrected chi connectivity index (χ4v) is 4.04. The molecule has 2 aromatic carbocycles. The second-order valence-corrected chi connectivity index (χ2v) is 7.07. The number of hydrogen-bond acceptors (Lipinski definition) is 7. The number of aliphatic hydroxyl groups is 2. The first-order chi connectivity index (χ1) is 13.2. The molecule has 3 N–H and O–H groups in total. The lowest BCUT2D eigenvalue weighted by molar-refractivity contribution is -0.135. The third kappa shape index (κ3) is 3.16. The van der Waals surface area contributed by atoms with E-state index in [1.165, 1.54) is 21.3 Å². The van der Waals surface area contributed by atoms with Crippen molar-refractivity contribution in [2.24, 2.45) is 0 Å². The highest BCUT2D eigenvalue weighted by atomic mass is 16.5. The molecule has 0 aromatic heterocycles. The van der Waals surface area contributed by atoms with Crippen LogP contribution in [-0.4, -0.2) is 48.2 Å². The quantitative estimate of drug-likeness (QED) is 0.420. The third-order valence-corrected chi connectivity index (χ3v) is 5.25. The molecule has 2 aromatic rings. The van der Waals surface area contributed by atoms with Gasteiger partial charge < -0.3 is 29.5 Å². The van der Waals surface area contributed by atoms with E-state index in [1.54, 1.807) is 31.2 Å². The molecule has 0 saturated carbocycles. The van der Waals surface area contributed by atoms with Crippen LogP contribution in [0.2, 0.25) is 0 Å². The van der Waals surface area contributed by atoms with Crippen LogP contribution in [-0.2, 0) is 14.3 Å². The number of rotatable bonds is 4. The minimum atomic E-state index is -1.43. The molecule has 0 saturated heterocycles. The highest BCUT2D eigenvalue weighted by molar-refractivity contribution is 5.96. The summed E-state index contributed by atoms with van der Waals surface area (Å²) in [6, 6.07) is 7.05. The molecular formula is C21H24O7. The van der Waals surface area contributed by atoms with Gasteiger partial charge in [0.2, 0.25) is 0 Å². The topological polar surface area (TPSA) is 105 Å². The zero-order chi connectivity index (χ0) is 20.6. The number of benzene rings is 2. The minimum absolute atomic E-state index is 0.0548. The second-order valence-electron chi connectivity index (χ2n) is 7.07. The molecule has 3 unspecified atom stereocenters. The Morgan fingerprint density at radius 2 is 1.96 bits per heavy atom. The van der Waals surface area contributed by atoms with Crippen molar-refractivity contribution in [3.05, 3.63) is 47.2 Å². The summed E-state index contributed by atoms with van der Waals surface area (Å²) in [5, 5.41) is 33.9. The van der Waals surface area contributed by atoms with Crippen LogP contribution in [0.25, 0.3) is 10.8 Å². The molecule has 0 radical (unpaired) electrons. The summed E-state index contributed by atoms with van der Waals surface area (Å²) < 4.78 is 15.4. The molecule has 0 aliphatic heterocycles. The van der Waals surface area contributed by atoms with Crippen molar-refractivity contribution in [2.75, 3.05) is 21.3 Å². The summed E-state index contributed by atoms with van der Waals surface area (Å²) in [5.41, 5.74) is -0.679. The molecule has 0 spiro atoms. The van der Waals surface area contributed by atoms with Crippen LogP contribution in [0.5, 0.6) is 11.5 Å². The van der Waals surface area contributed by atoms with Crippen molar-refractivity contribution in [2.45, 2.75) is 31.0 Å². The first-order valence-electron chi connectivity index (χ1n) is 8.81. The van der Waals surface area contributed by atoms with Crippen LogP contribution in [0.15, 0.2) is 36.1 Å². The molecule has 7 nitrogen and oxygen atoms in total. The van der Waals surface area contributed by atoms with Gasteiger partial charge in [0, 0.05) is 12.0 Å². The van der Waals surface area contributed by atoms with E-state index in [0.29, 0.717) is 22.1 Å². The largest absolute Gasteiger partial charge is 0.507 e. The lowest BCUT2D eigenvalue weighted by Gasteiger charge is -2.41. The predicted octanol–water partition coefficient (Wildman–Crippen LogP) is 2.53. The Hall–Kier alpha value is -2.77. The third-order valence-electron chi connectivity index (χ3n) is 5.25. The van der Waals surface area contributed by atoms with Crippen LogP contribution in [0.4, 0.5) is 0 Å². The van der Waals surface area contributed by atoms with Crippen LogP contribution in [0.1, 0.15) is 36.5 Å². The van der Waals surface area contributed by atoms with Gasteiger partial charge in [-0.2, -0.15) is 0 Å². The molecule has 0 amide bonds. The number of aromatic hydroxyl groups is 1. The zero-order valence-corrected chi connectivity index (χ0v) is 16.2. The van der Waals surface area contributed by atoms with E-state index in [9.17, 15) is 20.1 Å². The van der Waals surface area contributed by atoms with Crippen molar-refractivity contribution in [3.8, 4) is 11.5 Å². The van der Waals surface area contributed by atoms with Gasteiger partial charge in [0.25, 0.3) is 0 Å². The number of fused-ring (bicyclic) bond motifs is 2. The Bertz CT molecular complexity index is 945. The average molecular weight is 388 g/mol. The molecule has 3 rings (SSSR count). The molecule has 150 valence electrons. The molecule has 7 heteroatoms. The van der Waals surface area contributed by atoms with Crippen molar-refractivity contribution in [1.29, 1.82) is 0 Å². The van der Waals surface area contributed by atoms with Crippen molar-refractivity contribution >= 4 is 16.7 Å². The fourth-order valence-electron chi connectivity index (χ4n) is 4.04.